The van der Waals surface area contributed by atoms with Gasteiger partial charge in [0.05, 0.1) is 6.54 Å². The number of benzene rings is 2. The van der Waals surface area contributed by atoms with Crippen LogP contribution in [0.3, 0.4) is 0 Å². The van der Waals surface area contributed by atoms with Crippen molar-refractivity contribution in [2.45, 2.75) is 26.7 Å². The van der Waals surface area contributed by atoms with E-state index in [2.05, 4.69) is 0 Å². The Bertz CT molecular complexity index is 830. The van der Waals surface area contributed by atoms with E-state index in [0.717, 1.165) is 23.4 Å². The van der Waals surface area contributed by atoms with E-state index < -0.39 is 0 Å². The number of nitrogens with zero attached hydrogens (tertiary/aromatic N) is 2. The predicted molar refractivity (Wildman–Crippen MR) is 106 cm³/mol. The zero-order chi connectivity index (χ0) is 19.4. The molecular weight excluding hydrogens is 340 g/mol. The lowest BCUT2D eigenvalue weighted by atomic mass is 10.1. The molecule has 2 aromatic rings. The first-order valence-corrected chi connectivity index (χ1v) is 9.38. The van der Waals surface area contributed by atoms with E-state index in [4.69, 9.17) is 4.74 Å². The molecule has 2 aromatic carbocycles. The van der Waals surface area contributed by atoms with Crippen LogP contribution >= 0.6 is 0 Å². The number of aryl methyl sites for hydroxylation is 1. The molecule has 5 nitrogen and oxygen atoms in total. The van der Waals surface area contributed by atoms with Gasteiger partial charge in [0.15, 0.2) is 0 Å². The summed E-state index contributed by atoms with van der Waals surface area (Å²) in [6.07, 6.45) is 1.28. The van der Waals surface area contributed by atoms with Crippen molar-refractivity contribution in [2.24, 2.45) is 0 Å². The molecule has 0 aromatic heterocycles. The maximum atomic E-state index is 12.7. The number of amides is 2. The van der Waals surface area contributed by atoms with Crippen molar-refractivity contribution in [3.63, 3.8) is 0 Å². The van der Waals surface area contributed by atoms with Gasteiger partial charge in [0, 0.05) is 31.3 Å². The molecule has 0 radical (unpaired) electrons. The van der Waals surface area contributed by atoms with Crippen LogP contribution in [0.25, 0.3) is 0 Å². The van der Waals surface area contributed by atoms with Gasteiger partial charge in [0.2, 0.25) is 5.91 Å². The second-order valence-electron chi connectivity index (χ2n) is 6.88. The molecule has 1 aliphatic heterocycles. The molecule has 0 aliphatic carbocycles. The van der Waals surface area contributed by atoms with Gasteiger partial charge in [-0.25, -0.2) is 0 Å². The van der Waals surface area contributed by atoms with Crippen molar-refractivity contribution in [3.8, 4) is 5.75 Å². The van der Waals surface area contributed by atoms with Gasteiger partial charge in [-0.1, -0.05) is 24.6 Å². The maximum absolute atomic E-state index is 12.7. The second-order valence-corrected chi connectivity index (χ2v) is 6.88. The third kappa shape index (κ3) is 4.30. The molecule has 1 heterocycles. The van der Waals surface area contributed by atoms with Crippen LogP contribution < -0.4 is 9.64 Å². The third-order valence-corrected chi connectivity index (χ3v) is 4.89. The Balaban J connectivity index is 1.59. The molecule has 0 N–H and O–H groups in total. The fourth-order valence-corrected chi connectivity index (χ4v) is 3.24. The van der Waals surface area contributed by atoms with Crippen molar-refractivity contribution >= 4 is 17.5 Å². The summed E-state index contributed by atoms with van der Waals surface area (Å²) in [6, 6.07) is 13.5. The third-order valence-electron chi connectivity index (χ3n) is 4.89. The topological polar surface area (TPSA) is 49.9 Å². The number of carbonyl (C=O) groups is 2. The van der Waals surface area contributed by atoms with E-state index in [1.54, 1.807) is 18.0 Å². The smallest absolute Gasteiger partial charge is 0.253 e. The van der Waals surface area contributed by atoms with Crippen molar-refractivity contribution in [2.75, 3.05) is 31.6 Å². The number of anilines is 1. The molecule has 2 amide bonds. The summed E-state index contributed by atoms with van der Waals surface area (Å²) in [4.78, 5) is 28.2. The number of fused-ring (bicyclic) bond motifs is 1. The number of rotatable bonds is 6. The number of ether oxygens (including phenoxy) is 1. The number of carbonyl (C=O) groups excluding carboxylic acids is 2. The maximum Gasteiger partial charge on any atom is 0.253 e. The predicted octanol–water partition coefficient (Wildman–Crippen LogP) is 3.45. The lowest BCUT2D eigenvalue weighted by Crippen LogP contribution is -2.31. The van der Waals surface area contributed by atoms with Crippen LogP contribution in [0.2, 0.25) is 0 Å². The van der Waals surface area contributed by atoms with Crippen LogP contribution in [0.4, 0.5) is 5.69 Å². The molecule has 1 aliphatic rings. The van der Waals surface area contributed by atoms with E-state index in [0.29, 0.717) is 31.7 Å². The van der Waals surface area contributed by atoms with Crippen LogP contribution in [0.15, 0.2) is 42.5 Å². The summed E-state index contributed by atoms with van der Waals surface area (Å²) in [5.74, 6) is 0.892. The van der Waals surface area contributed by atoms with E-state index in [1.165, 1.54) is 5.56 Å². The standard InChI is InChI=1S/C22H26N2O3/c1-4-21(25)24-12-11-17-15-18(7-10-20(17)24)22(26)23(3)13-14-27-19-8-5-16(2)6-9-19/h5-10,15H,4,11-14H2,1-3H3. The van der Waals surface area contributed by atoms with Crippen molar-refractivity contribution < 1.29 is 14.3 Å². The summed E-state index contributed by atoms with van der Waals surface area (Å²) in [5, 5.41) is 0. The molecule has 0 spiro atoms. The first-order chi connectivity index (χ1) is 13.0. The first kappa shape index (κ1) is 19.0. The summed E-state index contributed by atoms with van der Waals surface area (Å²) in [7, 11) is 1.78. The van der Waals surface area contributed by atoms with Crippen LogP contribution in [-0.4, -0.2) is 43.5 Å². The van der Waals surface area contributed by atoms with Gasteiger partial charge >= 0.3 is 0 Å². The fraction of sp³-hybridized carbons (Fsp3) is 0.364. The summed E-state index contributed by atoms with van der Waals surface area (Å²) < 4.78 is 5.71. The lowest BCUT2D eigenvalue weighted by molar-refractivity contribution is -0.118. The van der Waals surface area contributed by atoms with Crippen LogP contribution in [0.1, 0.15) is 34.8 Å². The van der Waals surface area contributed by atoms with Crippen LogP contribution in [0, 0.1) is 6.92 Å². The van der Waals surface area contributed by atoms with E-state index in [9.17, 15) is 9.59 Å². The highest BCUT2D eigenvalue weighted by atomic mass is 16.5. The minimum Gasteiger partial charge on any atom is -0.492 e. The molecule has 0 saturated carbocycles. The minimum absolute atomic E-state index is 0.0365. The molecule has 142 valence electrons. The normalized spacial score (nSPS) is 12.6. The van der Waals surface area contributed by atoms with Gasteiger partial charge in [-0.05, 0) is 49.2 Å². The van der Waals surface area contributed by atoms with Gasteiger partial charge in [0.25, 0.3) is 5.91 Å². The van der Waals surface area contributed by atoms with E-state index in [-0.39, 0.29) is 11.8 Å². The Hall–Kier alpha value is -2.82. The fourth-order valence-electron chi connectivity index (χ4n) is 3.24. The summed E-state index contributed by atoms with van der Waals surface area (Å²) >= 11 is 0. The monoisotopic (exact) mass is 366 g/mol. The number of hydrogen-bond acceptors (Lipinski definition) is 3. The lowest BCUT2D eigenvalue weighted by Gasteiger charge is -2.19. The average Bonchev–Trinajstić information content (AvgIpc) is 3.11. The Kier molecular flexibility index (Phi) is 5.79. The van der Waals surface area contributed by atoms with Gasteiger partial charge < -0.3 is 14.5 Å². The Morgan fingerprint density at radius 2 is 1.89 bits per heavy atom. The molecule has 0 bridgehead atoms. The average molecular weight is 366 g/mol. The Labute approximate surface area is 160 Å². The molecule has 0 unspecified atom stereocenters. The van der Waals surface area contributed by atoms with Crippen molar-refractivity contribution in [3.05, 3.63) is 59.2 Å². The van der Waals surface area contributed by atoms with Crippen LogP contribution in [0.5, 0.6) is 5.75 Å². The molecule has 0 atom stereocenters. The Morgan fingerprint density at radius 1 is 1.15 bits per heavy atom. The van der Waals surface area contributed by atoms with Gasteiger partial charge in [0.1, 0.15) is 12.4 Å². The Morgan fingerprint density at radius 3 is 2.59 bits per heavy atom. The molecule has 3 rings (SSSR count). The SMILES string of the molecule is CCC(=O)N1CCc2cc(C(=O)N(C)CCOc3ccc(C)cc3)ccc21. The van der Waals surface area contributed by atoms with Crippen molar-refractivity contribution in [1.29, 1.82) is 0 Å². The molecule has 27 heavy (non-hydrogen) atoms. The quantitative estimate of drug-likeness (QED) is 0.787. The number of likely N-dealkylation sites (N-methyl/N-ethyl adjacent to an activating group) is 1. The van der Waals surface area contributed by atoms with Crippen molar-refractivity contribution in [1.82, 2.24) is 4.90 Å². The van der Waals surface area contributed by atoms with Gasteiger partial charge in [-0.3, -0.25) is 9.59 Å². The van der Waals surface area contributed by atoms with E-state index >= 15 is 0 Å². The van der Waals surface area contributed by atoms with Crippen LogP contribution in [-0.2, 0) is 11.2 Å². The summed E-state index contributed by atoms with van der Waals surface area (Å²) in [5.41, 5.74) is 3.83. The van der Waals surface area contributed by atoms with Gasteiger partial charge in [-0.2, -0.15) is 0 Å². The highest BCUT2D eigenvalue weighted by molar-refractivity contribution is 5.98. The largest absolute Gasteiger partial charge is 0.492 e. The van der Waals surface area contributed by atoms with E-state index in [1.807, 2.05) is 55.1 Å². The molecule has 5 heteroatoms. The first-order valence-electron chi connectivity index (χ1n) is 9.38. The highest BCUT2D eigenvalue weighted by Crippen LogP contribution is 2.29. The van der Waals surface area contributed by atoms with Gasteiger partial charge in [-0.15, -0.1) is 0 Å². The minimum atomic E-state index is -0.0365. The highest BCUT2D eigenvalue weighted by Gasteiger charge is 2.24. The molecule has 0 saturated heterocycles. The zero-order valence-electron chi connectivity index (χ0n) is 16.2. The number of hydrogen-bond donors (Lipinski definition) is 0. The summed E-state index contributed by atoms with van der Waals surface area (Å²) in [6.45, 7) is 5.54. The zero-order valence-corrected chi connectivity index (χ0v) is 16.2. The molecular formula is C22H26N2O3. The molecule has 0 fully saturated rings. The second kappa shape index (κ2) is 8.25.